The van der Waals surface area contributed by atoms with Crippen LogP contribution in [0.4, 0.5) is 5.69 Å². The summed E-state index contributed by atoms with van der Waals surface area (Å²) in [5, 5.41) is 0.807. The molecule has 2 aromatic carbocycles. The first-order valence-corrected chi connectivity index (χ1v) is 8.97. The maximum absolute atomic E-state index is 11.7. The number of hydrogen-bond donors (Lipinski definition) is 1. The van der Waals surface area contributed by atoms with E-state index in [0.29, 0.717) is 0 Å². The van der Waals surface area contributed by atoms with Gasteiger partial charge in [-0.1, -0.05) is 23.7 Å². The molecule has 0 aliphatic carbocycles. The van der Waals surface area contributed by atoms with Crippen LogP contribution in [-0.2, 0) is 6.54 Å². The Morgan fingerprint density at radius 3 is 2.56 bits per heavy atom. The lowest BCUT2D eigenvalue weighted by Crippen LogP contribution is -3.13. The SMILES string of the molecule is COc1ccc(C(C)=O)cc1C[NH+]1CCN(c2ccccc2Cl)CC1. The van der Waals surface area contributed by atoms with Gasteiger partial charge in [-0.25, -0.2) is 0 Å². The summed E-state index contributed by atoms with van der Waals surface area (Å²) >= 11 is 6.31. The Labute approximate surface area is 154 Å². The van der Waals surface area contributed by atoms with Crippen LogP contribution in [0.25, 0.3) is 0 Å². The van der Waals surface area contributed by atoms with E-state index in [2.05, 4.69) is 11.0 Å². The van der Waals surface area contributed by atoms with Gasteiger partial charge in [-0.3, -0.25) is 4.79 Å². The number of nitrogens with zero attached hydrogens (tertiary/aromatic N) is 1. The van der Waals surface area contributed by atoms with Gasteiger partial charge in [-0.05, 0) is 37.3 Å². The molecule has 25 heavy (non-hydrogen) atoms. The number of benzene rings is 2. The van der Waals surface area contributed by atoms with Crippen molar-refractivity contribution in [2.75, 3.05) is 38.2 Å². The van der Waals surface area contributed by atoms with Crippen LogP contribution in [0, 0.1) is 0 Å². The number of carbonyl (C=O) groups excluding carboxylic acids is 1. The van der Waals surface area contributed by atoms with E-state index in [-0.39, 0.29) is 5.78 Å². The van der Waals surface area contributed by atoms with Gasteiger partial charge in [-0.2, -0.15) is 0 Å². The van der Waals surface area contributed by atoms with Crippen LogP contribution in [0.3, 0.4) is 0 Å². The summed E-state index contributed by atoms with van der Waals surface area (Å²) in [6.07, 6.45) is 0. The van der Waals surface area contributed by atoms with Crippen molar-refractivity contribution in [2.24, 2.45) is 0 Å². The van der Waals surface area contributed by atoms with E-state index in [1.54, 1.807) is 14.0 Å². The van der Waals surface area contributed by atoms with Crippen molar-refractivity contribution in [3.8, 4) is 5.75 Å². The van der Waals surface area contributed by atoms with E-state index in [0.717, 1.165) is 60.3 Å². The Morgan fingerprint density at radius 1 is 1.20 bits per heavy atom. The number of halogens is 1. The molecule has 0 radical (unpaired) electrons. The molecule has 132 valence electrons. The molecule has 0 atom stereocenters. The molecular weight excluding hydrogens is 336 g/mol. The summed E-state index contributed by atoms with van der Waals surface area (Å²) in [5.74, 6) is 0.938. The highest BCUT2D eigenvalue weighted by Crippen LogP contribution is 2.25. The number of anilines is 1. The largest absolute Gasteiger partial charge is 0.496 e. The number of rotatable bonds is 5. The summed E-state index contributed by atoms with van der Waals surface area (Å²) in [6.45, 7) is 6.44. The number of nitrogens with one attached hydrogen (secondary N) is 1. The molecule has 1 N–H and O–H groups in total. The number of para-hydroxylation sites is 1. The third-order valence-electron chi connectivity index (χ3n) is 4.79. The Morgan fingerprint density at radius 2 is 1.92 bits per heavy atom. The zero-order valence-electron chi connectivity index (χ0n) is 14.7. The van der Waals surface area contributed by atoms with E-state index in [4.69, 9.17) is 16.3 Å². The summed E-state index contributed by atoms with van der Waals surface area (Å²) in [6, 6.07) is 13.7. The lowest BCUT2D eigenvalue weighted by molar-refractivity contribution is -0.914. The minimum Gasteiger partial charge on any atom is -0.496 e. The fraction of sp³-hybridized carbons (Fsp3) is 0.350. The molecule has 0 spiro atoms. The van der Waals surface area contributed by atoms with E-state index < -0.39 is 0 Å². The van der Waals surface area contributed by atoms with Crippen LogP contribution >= 0.6 is 11.6 Å². The number of ether oxygens (including phenoxy) is 1. The number of Topliss-reactive ketones (excluding diaryl/α,β-unsaturated/α-hetero) is 1. The van der Waals surface area contributed by atoms with Crippen molar-refractivity contribution in [1.82, 2.24) is 0 Å². The quantitative estimate of drug-likeness (QED) is 0.833. The average Bonchev–Trinajstić information content (AvgIpc) is 2.63. The second-order valence-electron chi connectivity index (χ2n) is 6.45. The minimum absolute atomic E-state index is 0.0856. The molecule has 0 aromatic heterocycles. The van der Waals surface area contributed by atoms with Crippen molar-refractivity contribution >= 4 is 23.1 Å². The molecule has 4 nitrogen and oxygen atoms in total. The normalized spacial score (nSPS) is 15.2. The van der Waals surface area contributed by atoms with Gasteiger partial charge >= 0.3 is 0 Å². The Hall–Kier alpha value is -2.04. The fourth-order valence-electron chi connectivity index (χ4n) is 3.35. The third kappa shape index (κ3) is 4.14. The standard InChI is InChI=1S/C20H23ClN2O2/c1-15(24)16-7-8-20(25-2)17(13-16)14-22-9-11-23(12-10-22)19-6-4-3-5-18(19)21/h3-8,13H,9-12,14H2,1-2H3/p+1. The van der Waals surface area contributed by atoms with Crippen LogP contribution in [-0.4, -0.2) is 39.1 Å². The molecule has 5 heteroatoms. The highest BCUT2D eigenvalue weighted by atomic mass is 35.5. The first-order chi connectivity index (χ1) is 12.1. The second kappa shape index (κ2) is 7.89. The van der Waals surface area contributed by atoms with Gasteiger partial charge in [0.25, 0.3) is 0 Å². The summed E-state index contributed by atoms with van der Waals surface area (Å²) in [7, 11) is 1.68. The lowest BCUT2D eigenvalue weighted by Gasteiger charge is -2.34. The average molecular weight is 360 g/mol. The van der Waals surface area contributed by atoms with Crippen molar-refractivity contribution in [1.29, 1.82) is 0 Å². The van der Waals surface area contributed by atoms with Gasteiger partial charge in [0.05, 0.1) is 44.0 Å². The summed E-state index contributed by atoms with van der Waals surface area (Å²) < 4.78 is 5.48. The van der Waals surface area contributed by atoms with Gasteiger partial charge < -0.3 is 14.5 Å². The minimum atomic E-state index is 0.0856. The molecule has 0 bridgehead atoms. The van der Waals surface area contributed by atoms with E-state index in [9.17, 15) is 4.79 Å². The van der Waals surface area contributed by atoms with E-state index in [1.165, 1.54) is 4.90 Å². The monoisotopic (exact) mass is 359 g/mol. The number of piperazine rings is 1. The number of ketones is 1. The number of carbonyl (C=O) groups is 1. The van der Waals surface area contributed by atoms with Crippen LogP contribution < -0.4 is 14.5 Å². The van der Waals surface area contributed by atoms with Crippen LogP contribution in [0.1, 0.15) is 22.8 Å². The van der Waals surface area contributed by atoms with Crippen molar-refractivity contribution in [3.05, 3.63) is 58.6 Å². The maximum atomic E-state index is 11.7. The topological polar surface area (TPSA) is 34.0 Å². The van der Waals surface area contributed by atoms with E-state index in [1.807, 2.05) is 36.4 Å². The zero-order valence-corrected chi connectivity index (χ0v) is 15.5. The Kier molecular flexibility index (Phi) is 5.61. The molecule has 1 aliphatic heterocycles. The van der Waals surface area contributed by atoms with Crippen molar-refractivity contribution in [2.45, 2.75) is 13.5 Å². The summed E-state index contributed by atoms with van der Waals surface area (Å²) in [4.78, 5) is 15.5. The molecule has 2 aromatic rings. The van der Waals surface area contributed by atoms with Crippen LogP contribution in [0.2, 0.25) is 5.02 Å². The molecule has 0 saturated carbocycles. The van der Waals surface area contributed by atoms with Gasteiger partial charge in [0.15, 0.2) is 5.78 Å². The van der Waals surface area contributed by atoms with Gasteiger partial charge in [0.2, 0.25) is 0 Å². The highest BCUT2D eigenvalue weighted by Gasteiger charge is 2.23. The van der Waals surface area contributed by atoms with E-state index >= 15 is 0 Å². The van der Waals surface area contributed by atoms with Gasteiger partial charge in [0.1, 0.15) is 12.3 Å². The first-order valence-electron chi connectivity index (χ1n) is 8.59. The molecule has 0 amide bonds. The first kappa shape index (κ1) is 17.8. The lowest BCUT2D eigenvalue weighted by atomic mass is 10.1. The molecule has 1 saturated heterocycles. The zero-order chi connectivity index (χ0) is 17.8. The fourth-order valence-corrected chi connectivity index (χ4v) is 3.61. The van der Waals surface area contributed by atoms with Crippen molar-refractivity contribution in [3.63, 3.8) is 0 Å². The maximum Gasteiger partial charge on any atom is 0.159 e. The Balaban J connectivity index is 1.67. The molecule has 1 fully saturated rings. The van der Waals surface area contributed by atoms with Crippen LogP contribution in [0.15, 0.2) is 42.5 Å². The van der Waals surface area contributed by atoms with Crippen LogP contribution in [0.5, 0.6) is 5.75 Å². The number of quaternary nitrogens is 1. The third-order valence-corrected chi connectivity index (χ3v) is 5.11. The predicted molar refractivity (Wildman–Crippen MR) is 101 cm³/mol. The number of hydrogen-bond acceptors (Lipinski definition) is 3. The molecule has 0 unspecified atom stereocenters. The molecule has 1 aliphatic rings. The smallest absolute Gasteiger partial charge is 0.159 e. The second-order valence-corrected chi connectivity index (χ2v) is 6.86. The summed E-state index contributed by atoms with van der Waals surface area (Å²) in [5.41, 5.74) is 2.95. The number of methoxy groups -OCH3 is 1. The highest BCUT2D eigenvalue weighted by molar-refractivity contribution is 6.33. The molecular formula is C20H24ClN2O2+. The molecule has 1 heterocycles. The predicted octanol–water partition coefficient (Wildman–Crippen LogP) is 2.46. The van der Waals surface area contributed by atoms with Gasteiger partial charge in [0, 0.05) is 11.1 Å². The Bertz CT molecular complexity index is 755. The molecule has 3 rings (SSSR count). The van der Waals surface area contributed by atoms with Crippen molar-refractivity contribution < 1.29 is 14.4 Å². The van der Waals surface area contributed by atoms with Gasteiger partial charge in [-0.15, -0.1) is 0 Å².